The summed E-state index contributed by atoms with van der Waals surface area (Å²) in [6.07, 6.45) is 5.84. The number of fused-ring (bicyclic) bond motifs is 1. The number of aryl methyl sites for hydroxylation is 2. The zero-order valence-corrected chi connectivity index (χ0v) is 33.0. The molecule has 3 heterocycles. The summed E-state index contributed by atoms with van der Waals surface area (Å²) in [6.45, 7) is 14.0. The number of carbonyl (C=O) groups excluding carboxylic acids is 4. The number of benzene rings is 2. The topological polar surface area (TPSA) is 117 Å². The number of hydrogen-bond donors (Lipinski definition) is 1. The molecular weight excluding hydrogens is 738 g/mol. The van der Waals surface area contributed by atoms with E-state index in [1.807, 2.05) is 69.3 Å². The van der Waals surface area contributed by atoms with E-state index in [1.165, 1.54) is 0 Å². The monoisotopic (exact) mass is 791 g/mol. The van der Waals surface area contributed by atoms with Crippen LogP contribution >= 0.6 is 15.9 Å². The summed E-state index contributed by atoms with van der Waals surface area (Å²) >= 11 is 3.78. The summed E-state index contributed by atoms with van der Waals surface area (Å²) in [5, 5.41) is 9.33. The van der Waals surface area contributed by atoms with Gasteiger partial charge in [-0.1, -0.05) is 83.4 Å². The van der Waals surface area contributed by atoms with Gasteiger partial charge >= 0.3 is 5.97 Å². The molecule has 1 N–H and O–H groups in total. The van der Waals surface area contributed by atoms with Crippen LogP contribution in [0.5, 0.6) is 0 Å². The van der Waals surface area contributed by atoms with E-state index in [-0.39, 0.29) is 42.1 Å². The van der Waals surface area contributed by atoms with Crippen LogP contribution in [0.25, 0.3) is 0 Å². The van der Waals surface area contributed by atoms with Crippen molar-refractivity contribution in [3.63, 3.8) is 0 Å². The maximum Gasteiger partial charge on any atom is 0.313 e. The van der Waals surface area contributed by atoms with Crippen molar-refractivity contribution >= 4 is 45.3 Å². The first-order chi connectivity index (χ1) is 25.4. The molecule has 1 spiro atoms. The van der Waals surface area contributed by atoms with Crippen molar-refractivity contribution in [2.24, 2.45) is 11.8 Å². The fourth-order valence-electron chi connectivity index (χ4n) is 8.38. The number of rotatable bonds is 18. The number of carbonyl (C=O) groups is 4. The number of ether oxygens (including phenoxy) is 2. The van der Waals surface area contributed by atoms with Gasteiger partial charge in [0, 0.05) is 43.7 Å². The number of hydrogen-bond acceptors (Lipinski definition) is 7. The van der Waals surface area contributed by atoms with Gasteiger partial charge in [0.15, 0.2) is 0 Å². The van der Waals surface area contributed by atoms with Crippen LogP contribution in [-0.4, -0.2) is 94.0 Å². The molecule has 2 aromatic carbocycles. The Morgan fingerprint density at radius 3 is 2.49 bits per heavy atom. The summed E-state index contributed by atoms with van der Waals surface area (Å²) < 4.78 is 13.2. The van der Waals surface area contributed by atoms with Crippen LogP contribution < -0.4 is 4.90 Å². The number of likely N-dealkylation sites (N-methyl/N-ethyl adjacent to an activating group) is 1. The molecule has 2 aromatic rings. The lowest BCUT2D eigenvalue weighted by molar-refractivity contribution is -0.164. The number of allylic oxidation sites excluding steroid dienone is 1. The number of likely N-dealkylation sites (tertiary alicyclic amines) is 1. The number of esters is 1. The first-order valence-corrected chi connectivity index (χ1v) is 19.7. The van der Waals surface area contributed by atoms with E-state index in [0.717, 1.165) is 35.2 Å². The molecule has 0 aliphatic carbocycles. The van der Waals surface area contributed by atoms with Crippen LogP contribution in [0, 0.1) is 25.7 Å². The first kappa shape index (κ1) is 40.4. The van der Waals surface area contributed by atoms with E-state index < -0.39 is 47.7 Å². The highest BCUT2D eigenvalue weighted by atomic mass is 79.9. The number of aliphatic hydroxyl groups is 1. The van der Waals surface area contributed by atoms with Gasteiger partial charge < -0.3 is 29.3 Å². The van der Waals surface area contributed by atoms with E-state index in [4.69, 9.17) is 9.47 Å². The smallest absolute Gasteiger partial charge is 0.313 e. The largest absolute Gasteiger partial charge is 0.455 e. The van der Waals surface area contributed by atoms with Gasteiger partial charge in [0.1, 0.15) is 17.7 Å². The zero-order valence-electron chi connectivity index (χ0n) is 31.4. The van der Waals surface area contributed by atoms with Crippen molar-refractivity contribution in [2.75, 3.05) is 31.6 Å². The Hall–Kier alpha value is -3.80. The van der Waals surface area contributed by atoms with Crippen LogP contribution in [-0.2, 0) is 28.7 Å². The standard InChI is InChI=1S/C42H54BrN3O7/c1-7-9-19-33(48)44(6)29(5)36(30-17-13-12-14-18-30)52-41(51)34-35-39(49)46(23-15-10-11-16-24-47)38(42(35)26-31(43)37(34)53-42)40(50)45(22-8-2)32-25-27(3)20-21-28(32)4/h7-8,12-14,17-18,20-21,25,29,31,34-38,47H,1-2,9-11,15-16,19,22-24,26H2,3-6H3/t29-,31?,34+,35-,36+,37+,38+,42-/m0/s1. The lowest BCUT2D eigenvalue weighted by Crippen LogP contribution is -2.57. The molecule has 3 aliphatic rings. The molecule has 3 fully saturated rings. The molecule has 53 heavy (non-hydrogen) atoms. The first-order valence-electron chi connectivity index (χ1n) is 18.8. The SMILES string of the molecule is C=CCCC(=O)N(C)[C@@H](C)[C@@H](OC(=O)[C@H]1[C@@H]2O[C@@]3(CC2Br)[C@@H]1C(=O)N(CCCCCCO)[C@@H]3C(=O)N(CC=C)c1cc(C)ccc1C)c1ccccc1. The van der Waals surface area contributed by atoms with Crippen LogP contribution in [0.1, 0.15) is 74.7 Å². The Bertz CT molecular complexity index is 1670. The zero-order chi connectivity index (χ0) is 38.4. The number of alkyl halides is 1. The van der Waals surface area contributed by atoms with E-state index in [1.54, 1.807) is 33.9 Å². The van der Waals surface area contributed by atoms with Crippen molar-refractivity contribution < 1.29 is 33.8 Å². The third-order valence-electron chi connectivity index (χ3n) is 11.2. The predicted molar refractivity (Wildman–Crippen MR) is 208 cm³/mol. The summed E-state index contributed by atoms with van der Waals surface area (Å²) in [5.41, 5.74) is 2.07. The number of amides is 3. The Labute approximate surface area is 322 Å². The van der Waals surface area contributed by atoms with Gasteiger partial charge in [0.25, 0.3) is 5.91 Å². The van der Waals surface area contributed by atoms with Gasteiger partial charge in [-0.15, -0.1) is 13.2 Å². The lowest BCUT2D eigenvalue weighted by Gasteiger charge is -2.37. The van der Waals surface area contributed by atoms with Crippen LogP contribution in [0.4, 0.5) is 5.69 Å². The molecular formula is C42H54BrN3O7. The minimum atomic E-state index is -1.27. The Morgan fingerprint density at radius 1 is 1.09 bits per heavy atom. The minimum absolute atomic E-state index is 0.0916. The summed E-state index contributed by atoms with van der Waals surface area (Å²) in [7, 11) is 1.70. The second-order valence-electron chi connectivity index (χ2n) is 14.7. The molecule has 3 aliphatic heterocycles. The van der Waals surface area contributed by atoms with Gasteiger partial charge in [0.2, 0.25) is 11.8 Å². The highest BCUT2D eigenvalue weighted by molar-refractivity contribution is 9.09. The van der Waals surface area contributed by atoms with Crippen LogP contribution in [0.15, 0.2) is 73.8 Å². The van der Waals surface area contributed by atoms with Gasteiger partial charge in [-0.05, 0) is 69.2 Å². The Morgan fingerprint density at radius 2 is 1.81 bits per heavy atom. The molecule has 3 saturated heterocycles. The second-order valence-corrected chi connectivity index (χ2v) is 15.9. The third kappa shape index (κ3) is 8.03. The highest BCUT2D eigenvalue weighted by Crippen LogP contribution is 2.60. The van der Waals surface area contributed by atoms with Crippen LogP contribution in [0.2, 0.25) is 0 Å². The molecule has 0 aromatic heterocycles. The quantitative estimate of drug-likeness (QED) is 0.0825. The van der Waals surface area contributed by atoms with Gasteiger partial charge in [-0.25, -0.2) is 0 Å². The predicted octanol–water partition coefficient (Wildman–Crippen LogP) is 6.22. The Kier molecular flexibility index (Phi) is 13.4. The summed E-state index contributed by atoms with van der Waals surface area (Å²) in [4.78, 5) is 62.2. The number of aliphatic hydroxyl groups excluding tert-OH is 1. The van der Waals surface area contributed by atoms with Gasteiger partial charge in [0.05, 0.1) is 24.0 Å². The average Bonchev–Trinajstić information content (AvgIpc) is 3.75. The molecule has 8 atom stereocenters. The summed E-state index contributed by atoms with van der Waals surface area (Å²) in [6, 6.07) is 13.7. The molecule has 2 bridgehead atoms. The molecule has 11 heteroatoms. The molecule has 0 radical (unpaired) electrons. The second kappa shape index (κ2) is 17.6. The molecule has 3 amide bonds. The van der Waals surface area contributed by atoms with E-state index in [9.17, 15) is 19.5 Å². The van der Waals surface area contributed by atoms with Crippen molar-refractivity contribution in [1.29, 1.82) is 0 Å². The third-order valence-corrected chi connectivity index (χ3v) is 12.1. The fourth-order valence-corrected chi connectivity index (χ4v) is 9.33. The van der Waals surface area contributed by atoms with Crippen molar-refractivity contribution in [1.82, 2.24) is 9.80 Å². The molecule has 5 rings (SSSR count). The average molecular weight is 793 g/mol. The number of nitrogens with zero attached hydrogens (tertiary/aromatic N) is 3. The number of halogens is 1. The highest BCUT2D eigenvalue weighted by Gasteiger charge is 2.77. The number of unbranched alkanes of at least 4 members (excludes halogenated alkanes) is 3. The summed E-state index contributed by atoms with van der Waals surface area (Å²) in [5.74, 6) is -3.20. The van der Waals surface area contributed by atoms with E-state index >= 15 is 4.79 Å². The van der Waals surface area contributed by atoms with Gasteiger partial charge in [-0.2, -0.15) is 0 Å². The van der Waals surface area contributed by atoms with Crippen molar-refractivity contribution in [3.8, 4) is 0 Å². The van der Waals surface area contributed by atoms with Crippen molar-refractivity contribution in [3.05, 3.63) is 90.5 Å². The maximum atomic E-state index is 15.1. The Balaban J connectivity index is 1.52. The molecule has 0 saturated carbocycles. The molecule has 1 unspecified atom stereocenters. The van der Waals surface area contributed by atoms with Gasteiger partial charge in [-0.3, -0.25) is 19.2 Å². The van der Waals surface area contributed by atoms with Crippen LogP contribution in [0.3, 0.4) is 0 Å². The van der Waals surface area contributed by atoms with E-state index in [0.29, 0.717) is 32.2 Å². The minimum Gasteiger partial charge on any atom is -0.455 e. The maximum absolute atomic E-state index is 15.1. The van der Waals surface area contributed by atoms with Crippen molar-refractivity contribution in [2.45, 2.75) is 100 Å². The molecule has 10 nitrogen and oxygen atoms in total. The van der Waals surface area contributed by atoms with E-state index in [2.05, 4.69) is 29.1 Å². The normalized spacial score (nSPS) is 25.4. The lowest BCUT2D eigenvalue weighted by atomic mass is 9.70. The molecule has 286 valence electrons. The number of anilines is 1. The fraction of sp³-hybridized carbons (Fsp3) is 0.524.